The summed E-state index contributed by atoms with van der Waals surface area (Å²) in [5, 5.41) is 11.7. The SMILES string of the molecule is COc1cc(NC(=O)NN2CCNC(Nc3ccc(N4CCN(C)CC4)cc3)C2)cc(OC)c1OC. The van der Waals surface area contributed by atoms with Gasteiger partial charge in [0.05, 0.1) is 39.7 Å². The minimum Gasteiger partial charge on any atom is -0.493 e. The van der Waals surface area contributed by atoms with Gasteiger partial charge >= 0.3 is 6.03 Å². The summed E-state index contributed by atoms with van der Waals surface area (Å²) in [5.74, 6) is 1.41. The van der Waals surface area contributed by atoms with Crippen LogP contribution in [0.5, 0.6) is 17.2 Å². The van der Waals surface area contributed by atoms with Crippen molar-refractivity contribution in [1.82, 2.24) is 20.7 Å². The number of ether oxygens (including phenoxy) is 3. The molecule has 0 radical (unpaired) electrons. The number of methoxy groups -OCH3 is 3. The van der Waals surface area contributed by atoms with Crippen LogP contribution in [0.3, 0.4) is 0 Å². The Morgan fingerprint density at radius 3 is 2.19 bits per heavy atom. The first-order valence-corrected chi connectivity index (χ1v) is 12.1. The molecular formula is C25H37N7O4. The largest absolute Gasteiger partial charge is 0.493 e. The van der Waals surface area contributed by atoms with Gasteiger partial charge in [0.1, 0.15) is 0 Å². The molecule has 196 valence electrons. The van der Waals surface area contributed by atoms with Crippen LogP contribution < -0.4 is 40.5 Å². The van der Waals surface area contributed by atoms with Crippen LogP contribution in [-0.4, -0.2) is 96.3 Å². The number of amides is 2. The van der Waals surface area contributed by atoms with Crippen LogP contribution in [0.2, 0.25) is 0 Å². The lowest BCUT2D eigenvalue weighted by Gasteiger charge is -2.35. The molecular weight excluding hydrogens is 462 g/mol. The van der Waals surface area contributed by atoms with Crippen molar-refractivity contribution in [2.45, 2.75) is 6.17 Å². The number of benzene rings is 2. The van der Waals surface area contributed by atoms with Gasteiger partial charge in [-0.25, -0.2) is 9.80 Å². The number of nitrogens with one attached hydrogen (secondary N) is 4. The molecule has 2 amide bonds. The van der Waals surface area contributed by atoms with Crippen LogP contribution >= 0.6 is 0 Å². The van der Waals surface area contributed by atoms with Gasteiger partial charge in [-0.1, -0.05) is 0 Å². The number of hydrazine groups is 1. The van der Waals surface area contributed by atoms with Gasteiger partial charge in [0.25, 0.3) is 0 Å². The first kappa shape index (κ1) is 25.7. The second-order valence-electron chi connectivity index (χ2n) is 8.91. The zero-order chi connectivity index (χ0) is 25.5. The third-order valence-electron chi connectivity index (χ3n) is 6.43. The molecule has 0 aliphatic carbocycles. The molecule has 36 heavy (non-hydrogen) atoms. The Morgan fingerprint density at radius 2 is 1.58 bits per heavy atom. The van der Waals surface area contributed by atoms with Crippen molar-refractivity contribution in [2.75, 3.05) is 89.7 Å². The standard InChI is InChI=1S/C25H37N7O4/c1-30-11-13-31(14-12-30)20-7-5-18(6-8-20)27-23-17-32(10-9-26-23)29-25(33)28-19-15-21(34-2)24(36-4)22(16-19)35-3/h5-8,15-16,23,26-27H,9-14,17H2,1-4H3,(H2,28,29,33). The fourth-order valence-corrected chi connectivity index (χ4v) is 4.44. The van der Waals surface area contributed by atoms with Crippen LogP contribution in [0, 0.1) is 0 Å². The molecule has 2 saturated heterocycles. The van der Waals surface area contributed by atoms with E-state index in [0.717, 1.165) is 38.4 Å². The van der Waals surface area contributed by atoms with Crippen LogP contribution in [0.25, 0.3) is 0 Å². The molecule has 2 aliphatic rings. The van der Waals surface area contributed by atoms with E-state index in [1.54, 1.807) is 12.1 Å². The lowest BCUT2D eigenvalue weighted by molar-refractivity contribution is 0.152. The van der Waals surface area contributed by atoms with E-state index in [-0.39, 0.29) is 12.2 Å². The molecule has 2 heterocycles. The number of likely N-dealkylation sites (N-methyl/N-ethyl adjacent to an activating group) is 1. The Kier molecular flexibility index (Phi) is 8.57. The van der Waals surface area contributed by atoms with Gasteiger partial charge in [0, 0.05) is 62.8 Å². The van der Waals surface area contributed by atoms with Crippen molar-refractivity contribution < 1.29 is 19.0 Å². The highest BCUT2D eigenvalue weighted by Gasteiger charge is 2.22. The lowest BCUT2D eigenvalue weighted by Crippen LogP contribution is -2.59. The summed E-state index contributed by atoms with van der Waals surface area (Å²) < 4.78 is 16.1. The molecule has 0 aromatic heterocycles. The van der Waals surface area contributed by atoms with Gasteiger partial charge in [-0.15, -0.1) is 0 Å². The first-order chi connectivity index (χ1) is 17.5. The number of nitrogens with zero attached hydrogens (tertiary/aromatic N) is 3. The molecule has 0 spiro atoms. The Labute approximate surface area is 212 Å². The summed E-state index contributed by atoms with van der Waals surface area (Å²) in [4.78, 5) is 17.5. The highest BCUT2D eigenvalue weighted by Crippen LogP contribution is 2.39. The summed E-state index contributed by atoms with van der Waals surface area (Å²) in [6, 6.07) is 11.6. The van der Waals surface area contributed by atoms with E-state index in [2.05, 4.69) is 62.5 Å². The van der Waals surface area contributed by atoms with Gasteiger partial charge in [0.15, 0.2) is 11.5 Å². The maximum absolute atomic E-state index is 12.7. The number of anilines is 3. The third-order valence-corrected chi connectivity index (χ3v) is 6.43. The van der Waals surface area contributed by atoms with Crippen LogP contribution in [0.4, 0.5) is 21.9 Å². The minimum atomic E-state index is -0.346. The molecule has 2 fully saturated rings. The highest BCUT2D eigenvalue weighted by molar-refractivity contribution is 5.89. The topological polar surface area (TPSA) is 103 Å². The Balaban J connectivity index is 1.29. The Hall–Kier alpha value is -3.41. The zero-order valence-electron chi connectivity index (χ0n) is 21.5. The van der Waals surface area contributed by atoms with Gasteiger partial charge in [-0.3, -0.25) is 10.7 Å². The summed E-state index contributed by atoms with van der Waals surface area (Å²) in [6.07, 6.45) is -0.00490. The van der Waals surface area contributed by atoms with Crippen LogP contribution in [-0.2, 0) is 0 Å². The molecule has 4 rings (SSSR count). The van der Waals surface area contributed by atoms with E-state index >= 15 is 0 Å². The molecule has 0 saturated carbocycles. The monoisotopic (exact) mass is 499 g/mol. The number of hydrogen-bond acceptors (Lipinski definition) is 9. The molecule has 4 N–H and O–H groups in total. The summed E-state index contributed by atoms with van der Waals surface area (Å²) in [5.41, 5.74) is 5.74. The van der Waals surface area contributed by atoms with Gasteiger partial charge in [0.2, 0.25) is 5.75 Å². The Bertz CT molecular complexity index is 987. The smallest absolute Gasteiger partial charge is 0.333 e. The normalized spacial score (nSPS) is 18.9. The van der Waals surface area contributed by atoms with Crippen molar-refractivity contribution >= 4 is 23.1 Å². The maximum atomic E-state index is 12.7. The second-order valence-corrected chi connectivity index (χ2v) is 8.91. The van der Waals surface area contributed by atoms with E-state index in [0.29, 0.717) is 36.0 Å². The number of rotatable bonds is 8. The summed E-state index contributed by atoms with van der Waals surface area (Å²) in [6.45, 7) is 6.29. The number of piperazine rings is 2. The number of urea groups is 1. The van der Waals surface area contributed by atoms with E-state index in [4.69, 9.17) is 14.2 Å². The summed E-state index contributed by atoms with van der Waals surface area (Å²) >= 11 is 0. The van der Waals surface area contributed by atoms with Crippen molar-refractivity contribution in [1.29, 1.82) is 0 Å². The zero-order valence-corrected chi connectivity index (χ0v) is 21.5. The molecule has 2 aromatic rings. The predicted octanol–water partition coefficient (Wildman–Crippen LogP) is 1.84. The fraction of sp³-hybridized carbons (Fsp3) is 0.480. The van der Waals surface area contributed by atoms with E-state index in [1.807, 2.05) is 5.01 Å². The highest BCUT2D eigenvalue weighted by atomic mass is 16.5. The van der Waals surface area contributed by atoms with E-state index < -0.39 is 0 Å². The van der Waals surface area contributed by atoms with E-state index in [1.165, 1.54) is 27.0 Å². The predicted molar refractivity (Wildman–Crippen MR) is 141 cm³/mol. The van der Waals surface area contributed by atoms with Gasteiger partial charge < -0.3 is 34.6 Å². The lowest BCUT2D eigenvalue weighted by atomic mass is 10.2. The Morgan fingerprint density at radius 1 is 0.917 bits per heavy atom. The summed E-state index contributed by atoms with van der Waals surface area (Å²) in [7, 11) is 6.78. The second kappa shape index (κ2) is 12.0. The number of carbonyl (C=O) groups is 1. The molecule has 11 nitrogen and oxygen atoms in total. The first-order valence-electron chi connectivity index (χ1n) is 12.1. The molecule has 2 aromatic carbocycles. The third kappa shape index (κ3) is 6.42. The molecule has 11 heteroatoms. The van der Waals surface area contributed by atoms with Crippen molar-refractivity contribution in [3.63, 3.8) is 0 Å². The average molecular weight is 500 g/mol. The number of hydrogen-bond donors (Lipinski definition) is 4. The van der Waals surface area contributed by atoms with Crippen molar-refractivity contribution in [2.24, 2.45) is 0 Å². The van der Waals surface area contributed by atoms with Crippen molar-refractivity contribution in [3.8, 4) is 17.2 Å². The quantitative estimate of drug-likeness (QED) is 0.433. The molecule has 1 unspecified atom stereocenters. The number of carbonyl (C=O) groups excluding carboxylic acids is 1. The average Bonchev–Trinajstić information content (AvgIpc) is 2.89. The van der Waals surface area contributed by atoms with Gasteiger partial charge in [-0.05, 0) is 31.3 Å². The van der Waals surface area contributed by atoms with Crippen LogP contribution in [0.1, 0.15) is 0 Å². The maximum Gasteiger partial charge on any atom is 0.333 e. The van der Waals surface area contributed by atoms with Gasteiger partial charge in [-0.2, -0.15) is 0 Å². The molecule has 1 atom stereocenters. The molecule has 0 bridgehead atoms. The minimum absolute atomic E-state index is 0.00490. The van der Waals surface area contributed by atoms with Crippen molar-refractivity contribution in [3.05, 3.63) is 36.4 Å². The van der Waals surface area contributed by atoms with Crippen LogP contribution in [0.15, 0.2) is 36.4 Å². The van der Waals surface area contributed by atoms with E-state index in [9.17, 15) is 4.79 Å². The fourth-order valence-electron chi connectivity index (χ4n) is 4.44. The molecule has 2 aliphatic heterocycles.